The highest BCUT2D eigenvalue weighted by molar-refractivity contribution is 7.99. The van der Waals surface area contributed by atoms with Crippen LogP contribution < -0.4 is 0 Å². The minimum atomic E-state index is -3.54. The Balaban J connectivity index is 0.000000110. The molecular weight excluding hydrogens is 1580 g/mol. The number of ether oxygens (including phenoxy) is 5. The van der Waals surface area contributed by atoms with Crippen LogP contribution in [-0.4, -0.2) is 180 Å². The predicted octanol–water partition coefficient (Wildman–Crippen LogP) is 17.2. The SMILES string of the molecule is CC(C)(C)OC(=O)C[S+]1CCCCC1.CC1(OC(=O)C2([S+]3CCCCC3)CCCC2)C2CC3CC(C2)CC1C3.CC1(OC(=O)C[S+]2CCCC2)C2CC3CC(C2)CC1C3.CC1(OC(=O)C[S+]2CCCCC2)C2CC3CC(C2)CC1C3.O=C(C[S+]1CCCC1)c1ccccc1.O=C(C[S+]1CCCCC1)OC12CC3CC1C(C3)S(=O)(=O)O2. The van der Waals surface area contributed by atoms with Crippen LogP contribution in [0.4, 0.5) is 0 Å². The summed E-state index contributed by atoms with van der Waals surface area (Å²) in [5.74, 6) is 27.4. The van der Waals surface area contributed by atoms with Crippen molar-refractivity contribution in [2.24, 2.45) is 82.9 Å². The molecule has 644 valence electrons. The number of ketones is 1. The van der Waals surface area contributed by atoms with Crippen molar-refractivity contribution >= 4 is 111 Å². The maximum absolute atomic E-state index is 13.6. The van der Waals surface area contributed by atoms with Crippen molar-refractivity contribution < 1.29 is 65.1 Å². The lowest BCUT2D eigenvalue weighted by Gasteiger charge is -2.59. The topological polar surface area (TPSA) is 192 Å². The van der Waals surface area contributed by atoms with Crippen LogP contribution >= 0.6 is 0 Å². The third kappa shape index (κ3) is 21.3. The summed E-state index contributed by atoms with van der Waals surface area (Å²) in [5.41, 5.74) is 0.180. The molecule has 14 bridgehead atoms. The number of carbonyl (C=O) groups is 6. The van der Waals surface area contributed by atoms with Crippen molar-refractivity contribution in [3.8, 4) is 0 Å². The first kappa shape index (κ1) is 88.1. The lowest BCUT2D eigenvalue weighted by molar-refractivity contribution is -0.205. The van der Waals surface area contributed by atoms with Gasteiger partial charge in [-0.25, -0.2) is 28.2 Å². The molecule has 14 nitrogen and oxygen atoms in total. The number of hydrogen-bond donors (Lipinski definition) is 0. The molecule has 0 aromatic heterocycles. The van der Waals surface area contributed by atoms with Crippen molar-refractivity contribution in [2.75, 3.05) is 97.8 Å². The van der Waals surface area contributed by atoms with E-state index in [1.807, 2.05) is 51.1 Å². The Bertz CT molecular complexity index is 3470. The van der Waals surface area contributed by atoms with Gasteiger partial charge in [0.15, 0.2) is 5.75 Å². The van der Waals surface area contributed by atoms with E-state index in [-0.39, 0.29) is 84.7 Å². The molecule has 1 aromatic rings. The molecule has 1 aromatic carbocycles. The highest BCUT2D eigenvalue weighted by Crippen LogP contribution is 2.64. The quantitative estimate of drug-likeness (QED) is 0.0470. The predicted molar refractivity (Wildman–Crippen MR) is 477 cm³/mol. The van der Waals surface area contributed by atoms with Crippen molar-refractivity contribution in [1.82, 2.24) is 0 Å². The van der Waals surface area contributed by atoms with Gasteiger partial charge in [-0.3, -0.25) is 4.79 Å². The van der Waals surface area contributed by atoms with Crippen LogP contribution in [0.5, 0.6) is 0 Å². The van der Waals surface area contributed by atoms with Crippen molar-refractivity contribution in [2.45, 2.75) is 324 Å². The summed E-state index contributed by atoms with van der Waals surface area (Å²) < 4.78 is 59.2. The van der Waals surface area contributed by atoms with Crippen LogP contribution in [-0.2, 0) is 127 Å². The van der Waals surface area contributed by atoms with E-state index in [1.54, 1.807) is 0 Å². The number of rotatable bonds is 17. The zero-order valence-corrected chi connectivity index (χ0v) is 77.2. The molecule has 0 radical (unpaired) electrons. The summed E-state index contributed by atoms with van der Waals surface area (Å²) in [6.07, 6.45) is 48.0. The maximum Gasteiger partial charge on any atom is 0.363 e. The molecule has 7 heterocycles. The number of benzene rings is 1. The lowest BCUT2D eigenvalue weighted by Crippen LogP contribution is -2.60. The van der Waals surface area contributed by atoms with E-state index < -0.39 is 21.2 Å². The first-order chi connectivity index (χ1) is 55.2. The molecule has 0 N–H and O–H groups in total. The van der Waals surface area contributed by atoms with Crippen molar-refractivity contribution in [1.29, 1.82) is 0 Å². The van der Waals surface area contributed by atoms with Crippen LogP contribution in [0.3, 0.4) is 0 Å². The fraction of sp³-hybridized carbons (Fsp3) is 0.872. The summed E-state index contributed by atoms with van der Waals surface area (Å²) in [7, 11) is -1.76. The highest BCUT2D eigenvalue weighted by Gasteiger charge is 2.71. The van der Waals surface area contributed by atoms with Crippen LogP contribution in [0.15, 0.2) is 30.3 Å². The van der Waals surface area contributed by atoms with Crippen LogP contribution in [0.2, 0.25) is 0 Å². The molecule has 7 saturated heterocycles. The average Bonchev–Trinajstić information content (AvgIpc) is 1.37. The zero-order chi connectivity index (χ0) is 80.3. The fourth-order valence-corrected chi connectivity index (χ4v) is 42.4. The number of esters is 5. The van der Waals surface area contributed by atoms with E-state index in [4.69, 9.17) is 27.9 Å². The molecule has 15 aliphatic carbocycles. The van der Waals surface area contributed by atoms with E-state index in [1.165, 1.54) is 269 Å². The van der Waals surface area contributed by atoms with Gasteiger partial charge in [0.1, 0.15) is 91.4 Å². The van der Waals surface area contributed by atoms with E-state index in [0.717, 1.165) is 77.6 Å². The summed E-state index contributed by atoms with van der Waals surface area (Å²) in [5, 5.41) is -0.443. The normalized spacial score (nSPS) is 38.9. The molecule has 21 heteroatoms. The first-order valence-corrected chi connectivity index (χ1v) is 58.4. The molecule has 23 rings (SSSR count). The Kier molecular flexibility index (Phi) is 29.4. The van der Waals surface area contributed by atoms with Gasteiger partial charge in [-0.1, -0.05) is 30.3 Å². The van der Waals surface area contributed by atoms with Gasteiger partial charge in [-0.15, -0.1) is 0 Å². The number of carbonyl (C=O) groups excluding carboxylic acids is 6. The Morgan fingerprint density at radius 2 is 0.713 bits per heavy atom. The van der Waals surface area contributed by atoms with Crippen LogP contribution in [0, 0.1) is 82.9 Å². The number of hydrogen-bond acceptors (Lipinski definition) is 14. The standard InChI is InChI=1S/C22H35O2S.C18H29O2S.C17H27O2S.C14H21O5S2.C12H15OS.C11H21O2S/c1-21(18-12-16-11-17(14-18)15-19(21)13-16)24-20(23)22(7-3-4-8-22)25-9-5-2-6-10-25;1-18(20-17(19)12-21-5-3-2-4-6-21)15-8-13-7-14(10-15)11-16(18)9-13;1-17(19-16(18)11-20-4-2-3-5-20)14-7-12-6-13(9-14)10-15(17)8-12;15-13(9-20-4-2-1-3-5-20)18-14-8-10-6-11(14)12(7-10)21(16,17)19-14;13-12(10-14-8-4-5-9-14)11-6-2-1-3-7-11;1-11(2,3)13-10(12)9-14-7-5-4-6-8-14/h16-19H,2-15H2,1H3;13-16H,2-12H2,1H3;12-15H,2-11H2,1H3;10-12H,1-9H2;1-3,6-7H,4-5,8-10H2;4-9H2,1-3H3/q6*+1. The van der Waals surface area contributed by atoms with E-state index in [2.05, 4.69) is 20.8 Å². The van der Waals surface area contributed by atoms with Gasteiger partial charge in [-0.2, -0.15) is 8.42 Å². The zero-order valence-electron chi connectivity index (χ0n) is 71.5. The highest BCUT2D eigenvalue weighted by atomic mass is 32.2. The maximum atomic E-state index is 13.6. The Hall–Kier alpha value is -1.75. The average molecular weight is 1730 g/mol. The second-order valence-corrected chi connectivity index (χ2v) is 57.3. The minimum Gasteiger partial charge on any atom is -0.456 e. The minimum absolute atomic E-state index is 0.0114. The molecular formula is C94H148O14S7+6. The molecule has 15 saturated carbocycles. The second-order valence-electron chi connectivity index (χ2n) is 41.3. The molecule has 0 amide bonds. The van der Waals surface area contributed by atoms with Crippen molar-refractivity contribution in [3.05, 3.63) is 35.9 Å². The summed E-state index contributed by atoms with van der Waals surface area (Å²) >= 11 is 0. The summed E-state index contributed by atoms with van der Waals surface area (Å²) in [4.78, 5) is 74.1. The molecule has 22 fully saturated rings. The van der Waals surface area contributed by atoms with Crippen LogP contribution in [0.25, 0.3) is 0 Å². The lowest BCUT2D eigenvalue weighted by atomic mass is 9.50. The van der Waals surface area contributed by atoms with Gasteiger partial charge < -0.3 is 23.7 Å². The Morgan fingerprint density at radius 1 is 0.383 bits per heavy atom. The van der Waals surface area contributed by atoms with Gasteiger partial charge in [0.05, 0.1) is 5.25 Å². The largest absolute Gasteiger partial charge is 0.456 e. The van der Waals surface area contributed by atoms with Gasteiger partial charge in [0.25, 0.3) is 10.1 Å². The molecule has 22 aliphatic rings. The molecule has 4 atom stereocenters. The molecule has 115 heavy (non-hydrogen) atoms. The molecule has 7 aliphatic heterocycles. The number of fused-ring (bicyclic) bond motifs is 1. The Labute approximate surface area is 710 Å². The van der Waals surface area contributed by atoms with Gasteiger partial charge in [-0.05, 0) is 398 Å². The van der Waals surface area contributed by atoms with Gasteiger partial charge >= 0.3 is 29.8 Å². The summed E-state index contributed by atoms with van der Waals surface area (Å²) in [6.45, 7) is 12.6. The van der Waals surface area contributed by atoms with E-state index in [9.17, 15) is 37.2 Å². The molecule has 0 spiro atoms. The molecule has 4 unspecified atom stereocenters. The van der Waals surface area contributed by atoms with Crippen molar-refractivity contribution in [3.63, 3.8) is 0 Å². The van der Waals surface area contributed by atoms with Gasteiger partial charge in [0.2, 0.25) is 39.3 Å². The van der Waals surface area contributed by atoms with Crippen LogP contribution in [0.1, 0.15) is 296 Å². The number of Topliss-reactive ketones (excluding diaryl/α,β-unsaturated/α-hetero) is 1. The van der Waals surface area contributed by atoms with E-state index >= 15 is 0 Å². The monoisotopic (exact) mass is 1720 g/mol. The Morgan fingerprint density at radius 3 is 1.08 bits per heavy atom. The fourth-order valence-electron chi connectivity index (χ4n) is 26.5. The smallest absolute Gasteiger partial charge is 0.363 e. The third-order valence-electron chi connectivity index (χ3n) is 32.0. The third-order valence-corrected chi connectivity index (χ3v) is 48.9. The summed E-state index contributed by atoms with van der Waals surface area (Å²) in [6, 6.07) is 9.66. The second kappa shape index (κ2) is 38.4. The van der Waals surface area contributed by atoms with E-state index in [0.29, 0.717) is 127 Å². The van der Waals surface area contributed by atoms with Gasteiger partial charge in [0, 0.05) is 41.6 Å². The first-order valence-electron chi connectivity index (χ1n) is 46.7.